The second kappa shape index (κ2) is 5.29. The van der Waals surface area contributed by atoms with Gasteiger partial charge in [0.25, 0.3) is 0 Å². The van der Waals surface area contributed by atoms with E-state index < -0.39 is 0 Å². The monoisotopic (exact) mass is 152 g/mol. The largest absolute Gasteiger partial charge is 0.341 e. The van der Waals surface area contributed by atoms with Crippen LogP contribution in [0, 0.1) is 0 Å². The molecule has 0 unspecified atom stereocenters. The standard InChI is InChI=1S/C8H12N2O/c1-4-6-7(5-2)10-8(11)9-3/h4-6H,1-2H2,3H3,(H2,9,10,11)/b7-6+. The van der Waals surface area contributed by atoms with Crippen LogP contribution in [0.5, 0.6) is 0 Å². The van der Waals surface area contributed by atoms with Crippen LogP contribution in [0.3, 0.4) is 0 Å². The molecular formula is C8H12N2O. The molecule has 0 aliphatic heterocycles. The second-order valence-electron chi connectivity index (χ2n) is 1.77. The van der Waals surface area contributed by atoms with Crippen LogP contribution in [0.15, 0.2) is 37.1 Å². The van der Waals surface area contributed by atoms with Crippen LogP contribution in [0.2, 0.25) is 0 Å². The van der Waals surface area contributed by atoms with E-state index in [1.165, 1.54) is 6.08 Å². The molecule has 0 atom stereocenters. The smallest absolute Gasteiger partial charge is 0.318 e. The van der Waals surface area contributed by atoms with Crippen molar-refractivity contribution in [1.29, 1.82) is 0 Å². The first kappa shape index (κ1) is 9.49. The number of hydrogen-bond acceptors (Lipinski definition) is 1. The molecule has 0 fully saturated rings. The van der Waals surface area contributed by atoms with Crippen molar-refractivity contribution in [1.82, 2.24) is 10.6 Å². The predicted molar refractivity (Wildman–Crippen MR) is 46.1 cm³/mol. The fraction of sp³-hybridized carbons (Fsp3) is 0.125. The minimum absolute atomic E-state index is 0.266. The van der Waals surface area contributed by atoms with Gasteiger partial charge >= 0.3 is 6.03 Å². The van der Waals surface area contributed by atoms with E-state index in [2.05, 4.69) is 23.8 Å². The fourth-order valence-electron chi connectivity index (χ4n) is 0.481. The number of rotatable bonds is 3. The van der Waals surface area contributed by atoms with Crippen molar-refractivity contribution in [2.24, 2.45) is 0 Å². The molecule has 0 aliphatic carbocycles. The molecule has 0 aromatic carbocycles. The third-order valence-corrected chi connectivity index (χ3v) is 1.00. The maximum Gasteiger partial charge on any atom is 0.318 e. The van der Waals surface area contributed by atoms with Crippen molar-refractivity contribution >= 4 is 6.03 Å². The van der Waals surface area contributed by atoms with Crippen molar-refractivity contribution in [3.63, 3.8) is 0 Å². The molecule has 0 aliphatic rings. The van der Waals surface area contributed by atoms with E-state index in [4.69, 9.17) is 0 Å². The topological polar surface area (TPSA) is 41.1 Å². The van der Waals surface area contributed by atoms with Crippen molar-refractivity contribution in [3.8, 4) is 0 Å². The molecule has 0 radical (unpaired) electrons. The minimum Gasteiger partial charge on any atom is -0.341 e. The van der Waals surface area contributed by atoms with E-state index in [1.54, 1.807) is 19.2 Å². The third kappa shape index (κ3) is 3.97. The van der Waals surface area contributed by atoms with Crippen LogP contribution in [-0.4, -0.2) is 13.1 Å². The summed E-state index contributed by atoms with van der Waals surface area (Å²) in [5.41, 5.74) is 0.624. The summed E-state index contributed by atoms with van der Waals surface area (Å²) in [6, 6.07) is -0.266. The number of urea groups is 1. The van der Waals surface area contributed by atoms with Crippen LogP contribution in [0.1, 0.15) is 0 Å². The van der Waals surface area contributed by atoms with Gasteiger partial charge in [0.1, 0.15) is 0 Å². The van der Waals surface area contributed by atoms with Gasteiger partial charge in [0.15, 0.2) is 0 Å². The second-order valence-corrected chi connectivity index (χ2v) is 1.77. The number of hydrogen-bond donors (Lipinski definition) is 2. The summed E-state index contributed by atoms with van der Waals surface area (Å²) in [7, 11) is 1.55. The molecule has 2 N–H and O–H groups in total. The lowest BCUT2D eigenvalue weighted by molar-refractivity contribution is 0.245. The van der Waals surface area contributed by atoms with Gasteiger partial charge in [-0.05, 0) is 12.2 Å². The summed E-state index contributed by atoms with van der Waals surface area (Å²) in [5.74, 6) is 0. The zero-order valence-electron chi connectivity index (χ0n) is 6.55. The molecule has 11 heavy (non-hydrogen) atoms. The summed E-state index contributed by atoms with van der Waals surface area (Å²) >= 11 is 0. The maximum atomic E-state index is 10.7. The SMILES string of the molecule is C=C/C=C(\C=C)NC(=O)NC. The number of amides is 2. The molecule has 0 saturated carbocycles. The summed E-state index contributed by atoms with van der Waals surface area (Å²) < 4.78 is 0. The minimum atomic E-state index is -0.266. The first-order valence-electron chi connectivity index (χ1n) is 3.18. The van der Waals surface area contributed by atoms with Gasteiger partial charge < -0.3 is 10.6 Å². The van der Waals surface area contributed by atoms with Gasteiger partial charge in [0.05, 0.1) is 0 Å². The van der Waals surface area contributed by atoms with E-state index in [0.717, 1.165) is 0 Å². The summed E-state index contributed by atoms with van der Waals surface area (Å²) in [6.45, 7) is 6.99. The molecule has 0 aromatic rings. The van der Waals surface area contributed by atoms with Crippen molar-refractivity contribution in [3.05, 3.63) is 37.1 Å². The van der Waals surface area contributed by atoms with Gasteiger partial charge in [-0.15, -0.1) is 0 Å². The molecule has 0 bridgehead atoms. The highest BCUT2D eigenvalue weighted by atomic mass is 16.2. The number of allylic oxidation sites excluding steroid dienone is 3. The molecule has 3 nitrogen and oxygen atoms in total. The van der Waals surface area contributed by atoms with E-state index in [-0.39, 0.29) is 6.03 Å². The average Bonchev–Trinajstić information content (AvgIpc) is 2.03. The predicted octanol–water partition coefficient (Wildman–Crippen LogP) is 1.17. The van der Waals surface area contributed by atoms with Gasteiger partial charge in [-0.3, -0.25) is 0 Å². The Morgan fingerprint density at radius 2 is 2.09 bits per heavy atom. The molecule has 2 amide bonds. The Bertz CT molecular complexity index is 194. The lowest BCUT2D eigenvalue weighted by Gasteiger charge is -2.02. The fourth-order valence-corrected chi connectivity index (χ4v) is 0.481. The van der Waals surface area contributed by atoms with Gasteiger partial charge in [0, 0.05) is 12.7 Å². The Kier molecular flexibility index (Phi) is 4.56. The Morgan fingerprint density at radius 1 is 1.45 bits per heavy atom. The Hall–Kier alpha value is -1.51. The summed E-state index contributed by atoms with van der Waals surface area (Å²) in [5, 5.41) is 4.95. The number of nitrogens with one attached hydrogen (secondary N) is 2. The summed E-state index contributed by atoms with van der Waals surface area (Å²) in [4.78, 5) is 10.7. The molecule has 0 rings (SSSR count). The Balaban J connectivity index is 4.08. The van der Waals surface area contributed by atoms with Crippen molar-refractivity contribution in [2.45, 2.75) is 0 Å². The van der Waals surface area contributed by atoms with E-state index >= 15 is 0 Å². The molecule has 0 saturated heterocycles. The van der Waals surface area contributed by atoms with Gasteiger partial charge in [-0.25, -0.2) is 4.79 Å². The zero-order valence-corrected chi connectivity index (χ0v) is 6.55. The first-order valence-corrected chi connectivity index (χ1v) is 3.18. The highest BCUT2D eigenvalue weighted by Crippen LogP contribution is 1.89. The Labute approximate surface area is 66.5 Å². The van der Waals surface area contributed by atoms with Crippen LogP contribution in [-0.2, 0) is 0 Å². The van der Waals surface area contributed by atoms with Crippen LogP contribution in [0.25, 0.3) is 0 Å². The first-order chi connectivity index (χ1) is 5.24. The molecule has 0 aromatic heterocycles. The molecule has 0 spiro atoms. The molecule has 3 heteroatoms. The third-order valence-electron chi connectivity index (χ3n) is 1.00. The van der Waals surface area contributed by atoms with E-state index in [9.17, 15) is 4.79 Å². The van der Waals surface area contributed by atoms with Crippen LogP contribution < -0.4 is 10.6 Å². The highest BCUT2D eigenvalue weighted by molar-refractivity contribution is 5.76. The van der Waals surface area contributed by atoms with Gasteiger partial charge in [-0.2, -0.15) is 0 Å². The van der Waals surface area contributed by atoms with Gasteiger partial charge in [0.2, 0.25) is 0 Å². The summed E-state index contributed by atoms with van der Waals surface area (Å²) in [6.07, 6.45) is 4.77. The van der Waals surface area contributed by atoms with Crippen molar-refractivity contribution < 1.29 is 4.79 Å². The zero-order chi connectivity index (χ0) is 8.69. The highest BCUT2D eigenvalue weighted by Gasteiger charge is 1.94. The average molecular weight is 152 g/mol. The van der Waals surface area contributed by atoms with Crippen molar-refractivity contribution in [2.75, 3.05) is 7.05 Å². The molecule has 0 heterocycles. The number of carbonyl (C=O) groups is 1. The van der Waals surface area contributed by atoms with Crippen LogP contribution >= 0.6 is 0 Å². The lowest BCUT2D eigenvalue weighted by atomic mass is 10.4. The maximum absolute atomic E-state index is 10.7. The van der Waals surface area contributed by atoms with E-state index in [1.807, 2.05) is 0 Å². The van der Waals surface area contributed by atoms with Crippen LogP contribution in [0.4, 0.5) is 4.79 Å². The van der Waals surface area contributed by atoms with E-state index in [0.29, 0.717) is 5.70 Å². The lowest BCUT2D eigenvalue weighted by Crippen LogP contribution is -2.31. The van der Waals surface area contributed by atoms with Gasteiger partial charge in [-0.1, -0.05) is 19.2 Å². The molecular weight excluding hydrogens is 140 g/mol. The normalized spacial score (nSPS) is 10.1. The molecule has 60 valence electrons. The number of carbonyl (C=O) groups excluding carboxylic acids is 1. The quantitative estimate of drug-likeness (QED) is 0.585. The Morgan fingerprint density at radius 3 is 2.45 bits per heavy atom.